The molecule has 0 aliphatic heterocycles. The van der Waals surface area contributed by atoms with Gasteiger partial charge in [-0.05, 0) is 20.4 Å². The van der Waals surface area contributed by atoms with Crippen LogP contribution in [0, 0.1) is 0 Å². The van der Waals surface area contributed by atoms with Gasteiger partial charge in [-0.2, -0.15) is 0 Å². The lowest BCUT2D eigenvalue weighted by Crippen LogP contribution is -2.36. The summed E-state index contributed by atoms with van der Waals surface area (Å²) < 4.78 is 36.2. The molecular weight excluding hydrogens is 280 g/mol. The average molecular weight is 310 g/mol. The van der Waals surface area contributed by atoms with Crippen LogP contribution < -0.4 is 5.32 Å². The molecule has 6 nitrogen and oxygen atoms in total. The molecule has 0 heterocycles. The zero-order valence-electron chi connectivity index (χ0n) is 13.2. The van der Waals surface area contributed by atoms with Crippen LogP contribution in [-0.4, -0.2) is 64.2 Å². The first-order valence-corrected chi connectivity index (χ1v) is 9.04. The Labute approximate surface area is 123 Å². The first kappa shape index (κ1) is 19.8. The topological polar surface area (TPSA) is 67.9 Å². The van der Waals surface area contributed by atoms with Gasteiger partial charge in [0.1, 0.15) is 0 Å². The molecule has 0 aliphatic rings. The van der Waals surface area contributed by atoms with Gasteiger partial charge in [-0.25, -0.2) is 12.7 Å². The minimum Gasteiger partial charge on any atom is -0.353 e. The van der Waals surface area contributed by atoms with Crippen LogP contribution in [0.4, 0.5) is 0 Å². The molecule has 0 saturated carbocycles. The van der Waals surface area contributed by atoms with Crippen molar-refractivity contribution in [3.63, 3.8) is 0 Å². The van der Waals surface area contributed by atoms with Gasteiger partial charge in [-0.15, -0.1) is 0 Å². The van der Waals surface area contributed by atoms with Crippen molar-refractivity contribution in [2.45, 2.75) is 40.4 Å². The molecule has 0 spiro atoms. The highest BCUT2D eigenvalue weighted by Gasteiger charge is 2.17. The molecular formula is C13H30N2O4S. The van der Waals surface area contributed by atoms with E-state index in [1.807, 2.05) is 27.7 Å². The van der Waals surface area contributed by atoms with E-state index in [0.717, 1.165) is 0 Å². The fourth-order valence-corrected chi connectivity index (χ4v) is 3.33. The lowest BCUT2D eigenvalue weighted by atomic mass is 10.4. The SMILES string of the molecule is CCOC(CCNCCS(=O)(=O)N(CC)CC)OCC. The van der Waals surface area contributed by atoms with Crippen molar-refractivity contribution in [3.8, 4) is 0 Å². The smallest absolute Gasteiger partial charge is 0.215 e. The Morgan fingerprint density at radius 1 is 1.00 bits per heavy atom. The van der Waals surface area contributed by atoms with Crippen LogP contribution in [0.2, 0.25) is 0 Å². The van der Waals surface area contributed by atoms with Gasteiger partial charge in [0.25, 0.3) is 0 Å². The van der Waals surface area contributed by atoms with Crippen molar-refractivity contribution in [3.05, 3.63) is 0 Å². The van der Waals surface area contributed by atoms with E-state index in [0.29, 0.717) is 45.8 Å². The quantitative estimate of drug-likeness (QED) is 0.407. The molecule has 0 unspecified atom stereocenters. The van der Waals surface area contributed by atoms with Gasteiger partial charge in [-0.3, -0.25) is 0 Å². The van der Waals surface area contributed by atoms with Crippen molar-refractivity contribution in [1.29, 1.82) is 0 Å². The standard InChI is InChI=1S/C13H30N2O4S/c1-5-15(6-2)20(16,17)12-11-14-10-9-13(18-7-3)19-8-4/h13-14H,5-12H2,1-4H3. The van der Waals surface area contributed by atoms with E-state index in [2.05, 4.69) is 5.32 Å². The summed E-state index contributed by atoms with van der Waals surface area (Å²) >= 11 is 0. The Hall–Kier alpha value is -0.210. The minimum atomic E-state index is -3.14. The third-order valence-electron chi connectivity index (χ3n) is 2.90. The summed E-state index contributed by atoms with van der Waals surface area (Å²) in [7, 11) is -3.14. The minimum absolute atomic E-state index is 0.128. The molecule has 0 rings (SSSR count). The summed E-state index contributed by atoms with van der Waals surface area (Å²) in [6, 6.07) is 0. The van der Waals surface area contributed by atoms with E-state index in [1.165, 1.54) is 4.31 Å². The van der Waals surface area contributed by atoms with Crippen molar-refractivity contribution < 1.29 is 17.9 Å². The lowest BCUT2D eigenvalue weighted by molar-refractivity contribution is -0.138. The number of nitrogens with zero attached hydrogens (tertiary/aromatic N) is 1. The van der Waals surface area contributed by atoms with E-state index in [-0.39, 0.29) is 12.0 Å². The van der Waals surface area contributed by atoms with E-state index >= 15 is 0 Å². The second kappa shape index (κ2) is 11.4. The van der Waals surface area contributed by atoms with E-state index in [9.17, 15) is 8.42 Å². The van der Waals surface area contributed by atoms with E-state index in [1.54, 1.807) is 0 Å². The number of ether oxygens (including phenoxy) is 2. The fourth-order valence-electron chi connectivity index (χ4n) is 1.88. The average Bonchev–Trinajstić information content (AvgIpc) is 2.39. The van der Waals surface area contributed by atoms with Crippen LogP contribution in [-0.2, 0) is 19.5 Å². The van der Waals surface area contributed by atoms with Crippen molar-refractivity contribution in [2.24, 2.45) is 0 Å². The van der Waals surface area contributed by atoms with Gasteiger partial charge < -0.3 is 14.8 Å². The van der Waals surface area contributed by atoms with Crippen LogP contribution in [0.15, 0.2) is 0 Å². The first-order chi connectivity index (χ1) is 9.51. The molecule has 0 amide bonds. The van der Waals surface area contributed by atoms with Gasteiger partial charge in [-0.1, -0.05) is 13.8 Å². The summed E-state index contributed by atoms with van der Waals surface area (Å²) in [6.07, 6.45) is 0.504. The van der Waals surface area contributed by atoms with Gasteiger partial charge in [0.2, 0.25) is 10.0 Å². The molecule has 0 aromatic carbocycles. The van der Waals surface area contributed by atoms with Crippen molar-refractivity contribution >= 4 is 10.0 Å². The molecule has 0 aromatic rings. The second-order valence-electron chi connectivity index (χ2n) is 4.28. The van der Waals surface area contributed by atoms with Crippen molar-refractivity contribution in [2.75, 3.05) is 45.1 Å². The van der Waals surface area contributed by atoms with E-state index in [4.69, 9.17) is 9.47 Å². The molecule has 20 heavy (non-hydrogen) atoms. The van der Waals surface area contributed by atoms with Gasteiger partial charge >= 0.3 is 0 Å². The Balaban J connectivity index is 3.90. The number of nitrogens with one attached hydrogen (secondary N) is 1. The highest BCUT2D eigenvalue weighted by Crippen LogP contribution is 2.01. The van der Waals surface area contributed by atoms with Gasteiger partial charge in [0, 0.05) is 39.3 Å². The monoisotopic (exact) mass is 310 g/mol. The van der Waals surface area contributed by atoms with Crippen molar-refractivity contribution in [1.82, 2.24) is 9.62 Å². The normalized spacial score (nSPS) is 12.5. The number of hydrogen-bond donors (Lipinski definition) is 1. The maximum atomic E-state index is 11.9. The summed E-state index contributed by atoms with van der Waals surface area (Å²) in [4.78, 5) is 0. The van der Waals surface area contributed by atoms with Crippen LogP contribution in [0.25, 0.3) is 0 Å². The second-order valence-corrected chi connectivity index (χ2v) is 6.37. The molecule has 0 atom stereocenters. The molecule has 7 heteroatoms. The summed E-state index contributed by atoms with van der Waals surface area (Å²) in [5, 5.41) is 3.13. The van der Waals surface area contributed by atoms with Crippen LogP contribution in [0.3, 0.4) is 0 Å². The Kier molecular flexibility index (Phi) is 11.3. The number of sulfonamides is 1. The molecule has 122 valence electrons. The van der Waals surface area contributed by atoms with Crippen LogP contribution >= 0.6 is 0 Å². The maximum absolute atomic E-state index is 11.9. The van der Waals surface area contributed by atoms with E-state index < -0.39 is 10.0 Å². The van der Waals surface area contributed by atoms with Crippen LogP contribution in [0.5, 0.6) is 0 Å². The summed E-state index contributed by atoms with van der Waals surface area (Å²) in [5.74, 6) is 0.128. The highest BCUT2D eigenvalue weighted by atomic mass is 32.2. The molecule has 0 bridgehead atoms. The Morgan fingerprint density at radius 3 is 2.00 bits per heavy atom. The largest absolute Gasteiger partial charge is 0.353 e. The molecule has 0 saturated heterocycles. The summed E-state index contributed by atoms with van der Waals surface area (Å²) in [5.41, 5.74) is 0. The molecule has 0 fully saturated rings. The van der Waals surface area contributed by atoms with Crippen LogP contribution in [0.1, 0.15) is 34.1 Å². The third kappa shape index (κ3) is 8.16. The Morgan fingerprint density at radius 2 is 1.55 bits per heavy atom. The van der Waals surface area contributed by atoms with Gasteiger partial charge in [0.15, 0.2) is 6.29 Å². The van der Waals surface area contributed by atoms with Gasteiger partial charge in [0.05, 0.1) is 5.75 Å². The molecule has 0 aromatic heterocycles. The zero-order valence-corrected chi connectivity index (χ0v) is 14.0. The maximum Gasteiger partial charge on any atom is 0.215 e. The zero-order chi connectivity index (χ0) is 15.4. The lowest BCUT2D eigenvalue weighted by Gasteiger charge is -2.19. The first-order valence-electron chi connectivity index (χ1n) is 7.43. The third-order valence-corrected chi connectivity index (χ3v) is 4.92. The Bertz CT molecular complexity index is 312. The molecule has 1 N–H and O–H groups in total. The fraction of sp³-hybridized carbons (Fsp3) is 1.00. The highest BCUT2D eigenvalue weighted by molar-refractivity contribution is 7.89. The predicted molar refractivity (Wildman–Crippen MR) is 81.2 cm³/mol. The number of hydrogen-bond acceptors (Lipinski definition) is 5. The molecule has 0 aliphatic carbocycles. The predicted octanol–water partition coefficient (Wildman–Crippen LogP) is 1.04. The number of rotatable bonds is 13. The summed E-state index contributed by atoms with van der Waals surface area (Å²) in [6.45, 7) is 11.0. The molecule has 0 radical (unpaired) electrons.